The molecule has 24 heavy (non-hydrogen) atoms. The molecule has 7 nitrogen and oxygen atoms in total. The fourth-order valence-electron chi connectivity index (χ4n) is 3.15. The number of rotatable bonds is 3. The fraction of sp³-hybridized carbons (Fsp3) is 0.471. The fourth-order valence-corrected chi connectivity index (χ4v) is 3.15. The summed E-state index contributed by atoms with van der Waals surface area (Å²) in [6, 6.07) is 3.32. The molecule has 2 aliphatic rings. The minimum Gasteiger partial charge on any atom is -0.445 e. The van der Waals surface area contributed by atoms with E-state index < -0.39 is 0 Å². The summed E-state index contributed by atoms with van der Waals surface area (Å²) in [6.45, 7) is 2.29. The van der Waals surface area contributed by atoms with Gasteiger partial charge in [0.1, 0.15) is 17.1 Å². The van der Waals surface area contributed by atoms with Gasteiger partial charge in [-0.05, 0) is 24.1 Å². The average molecular weight is 329 g/mol. The number of hydrogen-bond donors (Lipinski definition) is 1. The summed E-state index contributed by atoms with van der Waals surface area (Å²) >= 11 is 0. The first-order valence-electron chi connectivity index (χ1n) is 8.16. The highest BCUT2D eigenvalue weighted by Crippen LogP contribution is 2.29. The Labute approximate surface area is 139 Å². The van der Waals surface area contributed by atoms with Crippen LogP contribution in [-0.4, -0.2) is 45.6 Å². The van der Waals surface area contributed by atoms with Gasteiger partial charge in [0.25, 0.3) is 5.91 Å². The van der Waals surface area contributed by atoms with Gasteiger partial charge >= 0.3 is 0 Å². The standard InChI is InChI=1S/C17H19N3O4/c21-9-11-1-4-18-13(7-11)17(22)20-5-2-15-14(8-20)19-16(24-15)12-3-6-23-10-12/h1,4,7,12,21H,2-3,5-6,8-10H2. The van der Waals surface area contributed by atoms with Crippen LogP contribution in [0.15, 0.2) is 22.7 Å². The van der Waals surface area contributed by atoms with Crippen LogP contribution in [0.3, 0.4) is 0 Å². The Hall–Kier alpha value is -2.25. The lowest BCUT2D eigenvalue weighted by Crippen LogP contribution is -2.36. The maximum Gasteiger partial charge on any atom is 0.272 e. The number of carbonyl (C=O) groups excluding carboxylic acids is 1. The summed E-state index contributed by atoms with van der Waals surface area (Å²) in [5, 5.41) is 9.21. The average Bonchev–Trinajstić information content (AvgIpc) is 3.29. The van der Waals surface area contributed by atoms with Gasteiger partial charge in [-0.15, -0.1) is 0 Å². The second-order valence-electron chi connectivity index (χ2n) is 6.17. The van der Waals surface area contributed by atoms with Crippen molar-refractivity contribution >= 4 is 5.91 Å². The molecule has 1 fully saturated rings. The van der Waals surface area contributed by atoms with Gasteiger partial charge in [0, 0.05) is 25.8 Å². The summed E-state index contributed by atoms with van der Waals surface area (Å²) in [4.78, 5) is 23.1. The van der Waals surface area contributed by atoms with E-state index in [9.17, 15) is 9.90 Å². The first-order valence-corrected chi connectivity index (χ1v) is 8.16. The number of hydrogen-bond acceptors (Lipinski definition) is 6. The normalized spacial score (nSPS) is 20.2. The molecule has 1 amide bonds. The third-order valence-electron chi connectivity index (χ3n) is 4.54. The van der Waals surface area contributed by atoms with E-state index in [-0.39, 0.29) is 18.4 Å². The van der Waals surface area contributed by atoms with Crippen molar-refractivity contribution in [2.75, 3.05) is 19.8 Å². The van der Waals surface area contributed by atoms with Crippen molar-refractivity contribution in [3.05, 3.63) is 46.9 Å². The number of aromatic nitrogens is 2. The zero-order chi connectivity index (χ0) is 16.5. The first kappa shape index (κ1) is 15.3. The van der Waals surface area contributed by atoms with Gasteiger partial charge in [-0.3, -0.25) is 9.78 Å². The van der Waals surface area contributed by atoms with Gasteiger partial charge in [0.15, 0.2) is 5.89 Å². The molecular formula is C17H19N3O4. The number of amides is 1. The Morgan fingerprint density at radius 1 is 1.46 bits per heavy atom. The number of oxazole rings is 1. The van der Waals surface area contributed by atoms with Crippen molar-refractivity contribution in [3.8, 4) is 0 Å². The van der Waals surface area contributed by atoms with Crippen molar-refractivity contribution < 1.29 is 19.1 Å². The Bertz CT molecular complexity index is 752. The molecule has 4 rings (SSSR count). The van der Waals surface area contributed by atoms with E-state index in [2.05, 4.69) is 9.97 Å². The topological polar surface area (TPSA) is 88.7 Å². The van der Waals surface area contributed by atoms with E-state index in [0.29, 0.717) is 37.4 Å². The highest BCUT2D eigenvalue weighted by Gasteiger charge is 2.30. The Balaban J connectivity index is 1.52. The second-order valence-corrected chi connectivity index (χ2v) is 6.17. The minimum atomic E-state index is -0.148. The zero-order valence-corrected chi connectivity index (χ0v) is 13.3. The van der Waals surface area contributed by atoms with Crippen LogP contribution in [0, 0.1) is 0 Å². The van der Waals surface area contributed by atoms with Crippen LogP contribution >= 0.6 is 0 Å². The van der Waals surface area contributed by atoms with Crippen molar-refractivity contribution in [2.24, 2.45) is 0 Å². The number of fused-ring (bicyclic) bond motifs is 1. The minimum absolute atomic E-state index is 0.108. The molecule has 2 aliphatic heterocycles. The number of carbonyl (C=O) groups is 1. The molecule has 1 saturated heterocycles. The van der Waals surface area contributed by atoms with E-state index in [1.807, 2.05) is 0 Å². The van der Waals surface area contributed by atoms with Crippen molar-refractivity contribution in [1.29, 1.82) is 0 Å². The van der Waals surface area contributed by atoms with Crippen molar-refractivity contribution in [3.63, 3.8) is 0 Å². The molecule has 1 unspecified atom stereocenters. The van der Waals surface area contributed by atoms with Crippen LogP contribution < -0.4 is 0 Å². The highest BCUT2D eigenvalue weighted by molar-refractivity contribution is 5.92. The van der Waals surface area contributed by atoms with Gasteiger partial charge < -0.3 is 19.2 Å². The summed E-state index contributed by atoms with van der Waals surface area (Å²) in [5.74, 6) is 1.68. The van der Waals surface area contributed by atoms with E-state index in [0.717, 1.165) is 30.4 Å². The van der Waals surface area contributed by atoms with Crippen LogP contribution in [0.1, 0.15) is 45.7 Å². The molecule has 7 heteroatoms. The lowest BCUT2D eigenvalue weighted by atomic mass is 10.1. The lowest BCUT2D eigenvalue weighted by Gasteiger charge is -2.25. The van der Waals surface area contributed by atoms with E-state index in [4.69, 9.17) is 9.15 Å². The van der Waals surface area contributed by atoms with Gasteiger partial charge in [-0.25, -0.2) is 4.98 Å². The van der Waals surface area contributed by atoms with E-state index in [1.165, 1.54) is 0 Å². The lowest BCUT2D eigenvalue weighted by molar-refractivity contribution is 0.0721. The van der Waals surface area contributed by atoms with Gasteiger partial charge in [-0.2, -0.15) is 0 Å². The summed E-state index contributed by atoms with van der Waals surface area (Å²) < 4.78 is 11.3. The van der Waals surface area contributed by atoms with Crippen molar-refractivity contribution in [2.45, 2.75) is 31.9 Å². The van der Waals surface area contributed by atoms with E-state index >= 15 is 0 Å². The number of aliphatic hydroxyl groups excluding tert-OH is 1. The summed E-state index contributed by atoms with van der Waals surface area (Å²) in [6.07, 6.45) is 3.13. The number of nitrogens with zero attached hydrogens (tertiary/aromatic N) is 3. The predicted molar refractivity (Wildman–Crippen MR) is 83.3 cm³/mol. The maximum absolute atomic E-state index is 12.6. The molecule has 0 radical (unpaired) electrons. The Kier molecular flexibility index (Phi) is 4.03. The Morgan fingerprint density at radius 2 is 2.38 bits per heavy atom. The quantitative estimate of drug-likeness (QED) is 0.912. The molecule has 2 aromatic rings. The predicted octanol–water partition coefficient (Wildman–Crippen LogP) is 1.26. The maximum atomic E-state index is 12.6. The SMILES string of the molecule is O=C(c1cc(CO)ccn1)N1CCc2oc(C3CCOC3)nc2C1. The molecule has 4 heterocycles. The van der Waals surface area contributed by atoms with Crippen molar-refractivity contribution in [1.82, 2.24) is 14.9 Å². The third kappa shape index (κ3) is 2.81. The smallest absolute Gasteiger partial charge is 0.272 e. The highest BCUT2D eigenvalue weighted by atomic mass is 16.5. The Morgan fingerprint density at radius 3 is 3.17 bits per heavy atom. The molecule has 0 bridgehead atoms. The van der Waals surface area contributed by atoms with Crippen LogP contribution in [0.4, 0.5) is 0 Å². The molecule has 0 aliphatic carbocycles. The van der Waals surface area contributed by atoms with Crippen LogP contribution in [0.2, 0.25) is 0 Å². The first-order chi connectivity index (χ1) is 11.7. The van der Waals surface area contributed by atoms with Gasteiger partial charge in [-0.1, -0.05) is 0 Å². The summed E-state index contributed by atoms with van der Waals surface area (Å²) in [7, 11) is 0. The third-order valence-corrected chi connectivity index (χ3v) is 4.54. The molecule has 1 atom stereocenters. The molecule has 0 saturated carbocycles. The molecule has 0 aromatic carbocycles. The van der Waals surface area contributed by atoms with Crippen LogP contribution in [0.25, 0.3) is 0 Å². The number of aliphatic hydroxyl groups is 1. The number of pyridine rings is 1. The zero-order valence-electron chi connectivity index (χ0n) is 13.3. The largest absolute Gasteiger partial charge is 0.445 e. The number of ether oxygens (including phenoxy) is 1. The van der Waals surface area contributed by atoms with Gasteiger partial charge in [0.2, 0.25) is 0 Å². The second kappa shape index (κ2) is 6.33. The van der Waals surface area contributed by atoms with Crippen LogP contribution in [-0.2, 0) is 24.3 Å². The monoisotopic (exact) mass is 329 g/mol. The molecular weight excluding hydrogens is 310 g/mol. The molecule has 2 aromatic heterocycles. The summed E-state index contributed by atoms with van der Waals surface area (Å²) in [5.41, 5.74) is 1.85. The van der Waals surface area contributed by atoms with E-state index in [1.54, 1.807) is 23.2 Å². The molecule has 126 valence electrons. The molecule has 0 spiro atoms. The molecule has 1 N–H and O–H groups in total. The van der Waals surface area contributed by atoms with Gasteiger partial charge in [0.05, 0.1) is 25.7 Å². The van der Waals surface area contributed by atoms with Crippen LogP contribution in [0.5, 0.6) is 0 Å².